The average Bonchev–Trinajstić information content (AvgIpc) is 2.87. The van der Waals surface area contributed by atoms with Crippen LogP contribution in [0.2, 0.25) is 0 Å². The fourth-order valence-electron chi connectivity index (χ4n) is 1.49. The highest BCUT2D eigenvalue weighted by Gasteiger charge is 2.07. The third-order valence-electron chi connectivity index (χ3n) is 2.46. The lowest BCUT2D eigenvalue weighted by molar-refractivity contribution is -0.115. The van der Waals surface area contributed by atoms with E-state index in [2.05, 4.69) is 26.2 Å². The fraction of sp³-hybridized carbons (Fsp3) is 0.231. The van der Waals surface area contributed by atoms with Gasteiger partial charge < -0.3 is 10.1 Å². The van der Waals surface area contributed by atoms with Crippen LogP contribution in [0.5, 0.6) is 5.75 Å². The molecule has 0 fully saturated rings. The highest BCUT2D eigenvalue weighted by molar-refractivity contribution is 9.09. The number of anilines is 1. The van der Waals surface area contributed by atoms with Crippen molar-refractivity contribution in [3.05, 3.63) is 29.6 Å². The van der Waals surface area contributed by atoms with Crippen LogP contribution in [0.15, 0.2) is 29.6 Å². The maximum absolute atomic E-state index is 11.5. The summed E-state index contributed by atoms with van der Waals surface area (Å²) in [6.07, 6.45) is 0.442. The Morgan fingerprint density at radius 2 is 2.16 bits per heavy atom. The zero-order chi connectivity index (χ0) is 13.7. The van der Waals surface area contributed by atoms with E-state index in [1.165, 1.54) is 11.3 Å². The summed E-state index contributed by atoms with van der Waals surface area (Å²) in [5.41, 5.74) is 1.85. The highest BCUT2D eigenvalue weighted by atomic mass is 79.9. The van der Waals surface area contributed by atoms with Crippen molar-refractivity contribution in [3.8, 4) is 17.0 Å². The Morgan fingerprint density at radius 1 is 1.42 bits per heavy atom. The van der Waals surface area contributed by atoms with Crippen molar-refractivity contribution in [2.45, 2.75) is 6.42 Å². The number of nitrogens with zero attached hydrogens (tertiary/aromatic N) is 1. The van der Waals surface area contributed by atoms with Crippen LogP contribution >= 0.6 is 27.3 Å². The summed E-state index contributed by atoms with van der Waals surface area (Å²) in [5.74, 6) is 0.775. The minimum Gasteiger partial charge on any atom is -0.497 e. The van der Waals surface area contributed by atoms with Crippen molar-refractivity contribution in [1.29, 1.82) is 0 Å². The normalized spacial score (nSPS) is 10.2. The Labute approximate surface area is 124 Å². The summed E-state index contributed by atoms with van der Waals surface area (Å²) in [7, 11) is 1.63. The lowest BCUT2D eigenvalue weighted by Crippen LogP contribution is -2.11. The van der Waals surface area contributed by atoms with E-state index in [0.29, 0.717) is 16.9 Å². The molecule has 1 amide bonds. The molecule has 0 unspecified atom stereocenters. The van der Waals surface area contributed by atoms with Gasteiger partial charge in [-0.3, -0.25) is 4.79 Å². The zero-order valence-corrected chi connectivity index (χ0v) is 12.8. The molecule has 4 nitrogen and oxygen atoms in total. The van der Waals surface area contributed by atoms with Gasteiger partial charge in [0.2, 0.25) is 5.91 Å². The monoisotopic (exact) mass is 340 g/mol. The van der Waals surface area contributed by atoms with Crippen LogP contribution in [0.1, 0.15) is 6.42 Å². The predicted octanol–water partition coefficient (Wildman–Crippen LogP) is 3.54. The van der Waals surface area contributed by atoms with Crippen molar-refractivity contribution in [1.82, 2.24) is 4.98 Å². The maximum atomic E-state index is 11.5. The molecular formula is C13H13BrN2O2S. The first-order chi connectivity index (χ1) is 9.22. The molecule has 1 aromatic heterocycles. The van der Waals surface area contributed by atoms with Gasteiger partial charge >= 0.3 is 0 Å². The molecule has 1 aromatic carbocycles. The number of carbonyl (C=O) groups excluding carboxylic acids is 1. The quantitative estimate of drug-likeness (QED) is 0.847. The number of ether oxygens (including phenoxy) is 1. The molecular weight excluding hydrogens is 328 g/mol. The Morgan fingerprint density at radius 3 is 2.79 bits per heavy atom. The van der Waals surface area contributed by atoms with Crippen molar-refractivity contribution in [2.75, 3.05) is 17.8 Å². The van der Waals surface area contributed by atoms with Gasteiger partial charge in [-0.05, 0) is 24.3 Å². The van der Waals surface area contributed by atoms with E-state index in [1.54, 1.807) is 7.11 Å². The van der Waals surface area contributed by atoms with Crippen LogP contribution in [-0.2, 0) is 4.79 Å². The molecule has 0 aliphatic rings. The zero-order valence-electron chi connectivity index (χ0n) is 10.4. The Kier molecular flexibility index (Phi) is 4.93. The first-order valence-electron chi connectivity index (χ1n) is 5.68. The second-order valence-corrected chi connectivity index (χ2v) is 5.40. The molecule has 0 saturated carbocycles. The number of benzene rings is 1. The van der Waals surface area contributed by atoms with Crippen molar-refractivity contribution in [3.63, 3.8) is 0 Å². The molecule has 0 radical (unpaired) electrons. The molecule has 1 N–H and O–H groups in total. The summed E-state index contributed by atoms with van der Waals surface area (Å²) < 4.78 is 5.11. The molecule has 1 heterocycles. The number of alkyl halides is 1. The average molecular weight is 341 g/mol. The van der Waals surface area contributed by atoms with E-state index in [9.17, 15) is 4.79 Å². The van der Waals surface area contributed by atoms with Crippen molar-refractivity contribution < 1.29 is 9.53 Å². The smallest absolute Gasteiger partial charge is 0.226 e. The lowest BCUT2D eigenvalue weighted by Gasteiger charge is -2.01. The third-order valence-corrected chi connectivity index (χ3v) is 3.61. The van der Waals surface area contributed by atoms with Gasteiger partial charge in [-0.2, -0.15) is 0 Å². The summed E-state index contributed by atoms with van der Waals surface area (Å²) >= 11 is 4.65. The standard InChI is InChI=1S/C13H13BrN2O2S/c1-18-10-4-2-9(3-5-10)11-8-19-13(15-11)16-12(17)6-7-14/h2-5,8H,6-7H2,1H3,(H,15,16,17). The molecule has 2 aromatic rings. The van der Waals surface area contributed by atoms with E-state index >= 15 is 0 Å². The lowest BCUT2D eigenvalue weighted by atomic mass is 10.2. The van der Waals surface area contributed by atoms with Crippen LogP contribution in [0.4, 0.5) is 5.13 Å². The second kappa shape index (κ2) is 6.68. The van der Waals surface area contributed by atoms with Gasteiger partial charge in [0, 0.05) is 22.7 Å². The molecule has 2 rings (SSSR count). The maximum Gasteiger partial charge on any atom is 0.226 e. The summed E-state index contributed by atoms with van der Waals surface area (Å²) in [6, 6.07) is 7.66. The molecule has 19 heavy (non-hydrogen) atoms. The third kappa shape index (κ3) is 3.78. The molecule has 0 aliphatic carbocycles. The highest BCUT2D eigenvalue weighted by Crippen LogP contribution is 2.26. The number of aromatic nitrogens is 1. The SMILES string of the molecule is COc1ccc(-c2csc(NC(=O)CCBr)n2)cc1. The Balaban J connectivity index is 2.09. The van der Waals surface area contributed by atoms with Crippen LogP contribution in [0.3, 0.4) is 0 Å². The van der Waals surface area contributed by atoms with Crippen LogP contribution < -0.4 is 10.1 Å². The van der Waals surface area contributed by atoms with Gasteiger partial charge in [-0.25, -0.2) is 4.98 Å². The number of thiazole rings is 1. The first-order valence-corrected chi connectivity index (χ1v) is 7.69. The predicted molar refractivity (Wildman–Crippen MR) is 81.1 cm³/mol. The van der Waals surface area contributed by atoms with Gasteiger partial charge in [0.25, 0.3) is 0 Å². The van der Waals surface area contributed by atoms with E-state index in [1.807, 2.05) is 29.6 Å². The van der Waals surface area contributed by atoms with E-state index in [-0.39, 0.29) is 5.91 Å². The molecule has 0 saturated heterocycles. The van der Waals surface area contributed by atoms with Crippen LogP contribution in [-0.4, -0.2) is 23.3 Å². The molecule has 0 bridgehead atoms. The minimum atomic E-state index is -0.0347. The van der Waals surface area contributed by atoms with E-state index in [4.69, 9.17) is 4.74 Å². The largest absolute Gasteiger partial charge is 0.497 e. The number of methoxy groups -OCH3 is 1. The number of hydrogen-bond donors (Lipinski definition) is 1. The molecule has 6 heteroatoms. The Bertz CT molecular complexity index is 554. The van der Waals surface area contributed by atoms with Gasteiger partial charge in [0.1, 0.15) is 5.75 Å². The van der Waals surface area contributed by atoms with Gasteiger partial charge in [-0.15, -0.1) is 11.3 Å². The molecule has 0 spiro atoms. The molecule has 0 aliphatic heterocycles. The fourth-order valence-corrected chi connectivity index (χ4v) is 2.59. The summed E-state index contributed by atoms with van der Waals surface area (Å²) in [6.45, 7) is 0. The van der Waals surface area contributed by atoms with Crippen molar-refractivity contribution >= 4 is 38.3 Å². The van der Waals surface area contributed by atoms with E-state index < -0.39 is 0 Å². The molecule has 100 valence electrons. The number of hydrogen-bond acceptors (Lipinski definition) is 4. The second-order valence-electron chi connectivity index (χ2n) is 3.75. The number of halogens is 1. The number of amides is 1. The number of rotatable bonds is 5. The van der Waals surface area contributed by atoms with Crippen molar-refractivity contribution in [2.24, 2.45) is 0 Å². The van der Waals surface area contributed by atoms with E-state index in [0.717, 1.165) is 17.0 Å². The van der Waals surface area contributed by atoms with Gasteiger partial charge in [0.05, 0.1) is 12.8 Å². The summed E-state index contributed by atoms with van der Waals surface area (Å²) in [5, 5.41) is 5.96. The topological polar surface area (TPSA) is 51.2 Å². The Hall–Kier alpha value is -1.40. The molecule has 0 atom stereocenters. The first kappa shape index (κ1) is 14.0. The minimum absolute atomic E-state index is 0.0347. The number of nitrogens with one attached hydrogen (secondary N) is 1. The van der Waals surface area contributed by atoms with Gasteiger partial charge in [0.15, 0.2) is 5.13 Å². The van der Waals surface area contributed by atoms with Gasteiger partial charge in [-0.1, -0.05) is 15.9 Å². The van der Waals surface area contributed by atoms with Crippen LogP contribution in [0.25, 0.3) is 11.3 Å². The summed E-state index contributed by atoms with van der Waals surface area (Å²) in [4.78, 5) is 15.8. The van der Waals surface area contributed by atoms with Crippen LogP contribution in [0, 0.1) is 0 Å². The number of carbonyl (C=O) groups is 1.